The van der Waals surface area contributed by atoms with Gasteiger partial charge in [-0.15, -0.1) is 0 Å². The fourth-order valence-electron chi connectivity index (χ4n) is 3.29. The molecule has 4 rings (SSSR count). The number of nitro benzene ring substituents is 1. The van der Waals surface area contributed by atoms with Crippen LogP contribution in [0.3, 0.4) is 0 Å². The van der Waals surface area contributed by atoms with Gasteiger partial charge in [-0.05, 0) is 37.1 Å². The van der Waals surface area contributed by atoms with E-state index in [1.807, 2.05) is 0 Å². The topological polar surface area (TPSA) is 99.0 Å². The largest absolute Gasteiger partial charge is 0.457 e. The van der Waals surface area contributed by atoms with Gasteiger partial charge in [-0.3, -0.25) is 24.6 Å². The van der Waals surface area contributed by atoms with Crippen molar-refractivity contribution in [2.45, 2.75) is 18.9 Å². The normalized spacial score (nSPS) is 18.7. The van der Waals surface area contributed by atoms with Crippen LogP contribution < -0.4 is 4.74 Å². The van der Waals surface area contributed by atoms with Crippen LogP contribution in [-0.4, -0.2) is 40.9 Å². The predicted octanol–water partition coefficient (Wildman–Crippen LogP) is 3.16. The standard InChI is InChI=1S/C19H16N2O6/c22-18-16-7-6-14(27-13-4-1-3-12(9-13)21(24)25)10-17(16)19(23)20(18)11-15-5-2-8-26-15/h1,3-4,6-7,9-10,15H,2,5,8,11H2/t15-/m1/s1. The second-order valence-corrected chi connectivity index (χ2v) is 6.42. The van der Waals surface area contributed by atoms with E-state index < -0.39 is 4.92 Å². The monoisotopic (exact) mass is 368 g/mol. The number of fused-ring (bicyclic) bond motifs is 1. The highest BCUT2D eigenvalue weighted by Crippen LogP contribution is 2.31. The van der Waals surface area contributed by atoms with E-state index in [1.54, 1.807) is 12.1 Å². The Labute approximate surface area is 154 Å². The number of hydrogen-bond donors (Lipinski definition) is 0. The summed E-state index contributed by atoms with van der Waals surface area (Å²) in [6, 6.07) is 10.3. The van der Waals surface area contributed by atoms with E-state index in [-0.39, 0.29) is 41.5 Å². The van der Waals surface area contributed by atoms with Crippen molar-refractivity contribution in [3.8, 4) is 11.5 Å². The second-order valence-electron chi connectivity index (χ2n) is 6.42. The molecule has 0 N–H and O–H groups in total. The lowest BCUT2D eigenvalue weighted by molar-refractivity contribution is -0.384. The quantitative estimate of drug-likeness (QED) is 0.457. The van der Waals surface area contributed by atoms with Gasteiger partial charge in [-0.25, -0.2) is 0 Å². The average molecular weight is 368 g/mol. The predicted molar refractivity (Wildman–Crippen MR) is 94.0 cm³/mol. The Bertz CT molecular complexity index is 936. The number of hydrogen-bond acceptors (Lipinski definition) is 6. The molecule has 0 radical (unpaired) electrons. The fourth-order valence-corrected chi connectivity index (χ4v) is 3.29. The van der Waals surface area contributed by atoms with Crippen LogP contribution in [0.5, 0.6) is 11.5 Å². The molecule has 2 amide bonds. The Morgan fingerprint density at radius 3 is 2.63 bits per heavy atom. The number of carbonyl (C=O) groups is 2. The molecule has 1 saturated heterocycles. The zero-order valence-electron chi connectivity index (χ0n) is 14.3. The van der Waals surface area contributed by atoms with Crippen molar-refractivity contribution in [2.75, 3.05) is 13.2 Å². The first kappa shape index (κ1) is 17.2. The number of amides is 2. The van der Waals surface area contributed by atoms with Crippen molar-refractivity contribution < 1.29 is 24.0 Å². The summed E-state index contributed by atoms with van der Waals surface area (Å²) in [6.07, 6.45) is 1.64. The smallest absolute Gasteiger partial charge is 0.273 e. The Morgan fingerprint density at radius 2 is 1.89 bits per heavy atom. The summed E-state index contributed by atoms with van der Waals surface area (Å²) in [7, 11) is 0. The SMILES string of the molecule is O=C1c2ccc(Oc3cccc([N+](=O)[O-])c3)cc2C(=O)N1C[C@H]1CCCO1. The van der Waals surface area contributed by atoms with Gasteiger partial charge in [0.05, 0.1) is 34.8 Å². The molecule has 2 aromatic carbocycles. The molecule has 0 aromatic heterocycles. The van der Waals surface area contributed by atoms with Crippen molar-refractivity contribution in [3.63, 3.8) is 0 Å². The first-order valence-corrected chi connectivity index (χ1v) is 8.57. The summed E-state index contributed by atoms with van der Waals surface area (Å²) in [6.45, 7) is 0.891. The van der Waals surface area contributed by atoms with Crippen molar-refractivity contribution in [3.05, 3.63) is 63.7 Å². The molecular formula is C19H16N2O6. The van der Waals surface area contributed by atoms with Gasteiger partial charge in [-0.1, -0.05) is 6.07 Å². The van der Waals surface area contributed by atoms with Gasteiger partial charge >= 0.3 is 0 Å². The van der Waals surface area contributed by atoms with E-state index in [4.69, 9.17) is 9.47 Å². The van der Waals surface area contributed by atoms with Crippen LogP contribution in [-0.2, 0) is 4.74 Å². The van der Waals surface area contributed by atoms with Gasteiger partial charge in [0, 0.05) is 12.7 Å². The van der Waals surface area contributed by atoms with Crippen molar-refractivity contribution in [1.82, 2.24) is 4.90 Å². The van der Waals surface area contributed by atoms with Crippen LogP contribution in [0.25, 0.3) is 0 Å². The van der Waals surface area contributed by atoms with Crippen LogP contribution >= 0.6 is 0 Å². The number of nitro groups is 1. The summed E-state index contributed by atoms with van der Waals surface area (Å²) in [4.78, 5) is 36.7. The summed E-state index contributed by atoms with van der Waals surface area (Å²) in [5.74, 6) is -0.117. The first-order chi connectivity index (χ1) is 13.0. The van der Waals surface area contributed by atoms with Crippen LogP contribution in [0.15, 0.2) is 42.5 Å². The minimum atomic E-state index is -0.513. The van der Waals surface area contributed by atoms with E-state index in [2.05, 4.69) is 0 Å². The zero-order chi connectivity index (χ0) is 19.0. The maximum Gasteiger partial charge on any atom is 0.273 e. The van der Waals surface area contributed by atoms with E-state index in [1.165, 1.54) is 35.2 Å². The molecule has 1 atom stereocenters. The summed E-state index contributed by atoms with van der Waals surface area (Å²) in [5.41, 5.74) is 0.493. The maximum absolute atomic E-state index is 12.6. The lowest BCUT2D eigenvalue weighted by Crippen LogP contribution is -2.36. The van der Waals surface area contributed by atoms with Crippen LogP contribution in [0.2, 0.25) is 0 Å². The van der Waals surface area contributed by atoms with Gasteiger partial charge < -0.3 is 9.47 Å². The maximum atomic E-state index is 12.6. The Kier molecular flexibility index (Phi) is 4.33. The third kappa shape index (κ3) is 3.26. The number of ether oxygens (including phenoxy) is 2. The molecule has 0 bridgehead atoms. The Balaban J connectivity index is 1.55. The molecule has 2 aliphatic rings. The highest BCUT2D eigenvalue weighted by molar-refractivity contribution is 6.21. The summed E-state index contributed by atoms with van der Waals surface area (Å²) >= 11 is 0. The lowest BCUT2D eigenvalue weighted by Gasteiger charge is -2.17. The number of rotatable bonds is 5. The van der Waals surface area contributed by atoms with Gasteiger partial charge in [-0.2, -0.15) is 0 Å². The summed E-state index contributed by atoms with van der Waals surface area (Å²) < 4.78 is 11.2. The highest BCUT2D eigenvalue weighted by atomic mass is 16.6. The van der Waals surface area contributed by atoms with Crippen molar-refractivity contribution in [2.24, 2.45) is 0 Å². The number of imide groups is 1. The second kappa shape index (κ2) is 6.81. The fraction of sp³-hybridized carbons (Fsp3) is 0.263. The summed E-state index contributed by atoms with van der Waals surface area (Å²) in [5, 5.41) is 10.9. The number of benzene rings is 2. The van der Waals surface area contributed by atoms with Gasteiger partial charge in [0.2, 0.25) is 0 Å². The molecular weight excluding hydrogens is 352 g/mol. The van der Waals surface area contributed by atoms with Gasteiger partial charge in [0.25, 0.3) is 17.5 Å². The van der Waals surface area contributed by atoms with E-state index in [0.29, 0.717) is 17.9 Å². The minimum Gasteiger partial charge on any atom is -0.457 e. The van der Waals surface area contributed by atoms with Crippen molar-refractivity contribution >= 4 is 17.5 Å². The molecule has 2 heterocycles. The molecule has 0 saturated carbocycles. The molecule has 8 nitrogen and oxygen atoms in total. The van der Waals surface area contributed by atoms with Gasteiger partial charge in [0.15, 0.2) is 0 Å². The van der Waals surface area contributed by atoms with E-state index >= 15 is 0 Å². The van der Waals surface area contributed by atoms with Crippen LogP contribution in [0.4, 0.5) is 5.69 Å². The number of nitrogens with zero attached hydrogens (tertiary/aromatic N) is 2. The highest BCUT2D eigenvalue weighted by Gasteiger charge is 2.37. The molecule has 0 aliphatic carbocycles. The van der Waals surface area contributed by atoms with E-state index in [0.717, 1.165) is 12.8 Å². The molecule has 2 aromatic rings. The molecule has 1 fully saturated rings. The first-order valence-electron chi connectivity index (χ1n) is 8.57. The molecule has 0 unspecified atom stereocenters. The molecule has 138 valence electrons. The van der Waals surface area contributed by atoms with E-state index in [9.17, 15) is 19.7 Å². The van der Waals surface area contributed by atoms with Crippen molar-refractivity contribution in [1.29, 1.82) is 0 Å². The average Bonchev–Trinajstić information content (AvgIpc) is 3.25. The van der Waals surface area contributed by atoms with Crippen LogP contribution in [0.1, 0.15) is 33.6 Å². The number of non-ortho nitro benzene ring substituents is 1. The molecule has 8 heteroatoms. The van der Waals surface area contributed by atoms with Gasteiger partial charge in [0.1, 0.15) is 11.5 Å². The Morgan fingerprint density at radius 1 is 1.11 bits per heavy atom. The molecule has 0 spiro atoms. The Hall–Kier alpha value is -3.26. The third-order valence-corrected chi connectivity index (χ3v) is 4.62. The third-order valence-electron chi connectivity index (χ3n) is 4.62. The molecule has 27 heavy (non-hydrogen) atoms. The van der Waals surface area contributed by atoms with Crippen LogP contribution in [0, 0.1) is 10.1 Å². The number of carbonyl (C=O) groups excluding carboxylic acids is 2. The molecule has 2 aliphatic heterocycles. The minimum absolute atomic E-state index is 0.0948. The zero-order valence-corrected chi connectivity index (χ0v) is 14.3. The lowest BCUT2D eigenvalue weighted by atomic mass is 10.1.